The van der Waals surface area contributed by atoms with Crippen molar-refractivity contribution < 1.29 is 17.3 Å². The molecular formula is C28H32N4O3S. The van der Waals surface area contributed by atoms with Gasteiger partial charge in [0.2, 0.25) is 0 Å². The Kier molecular flexibility index (Phi) is 5.42. The minimum Gasteiger partial charge on any atom is -0.349 e. The monoisotopic (exact) mass is 507 g/mol. The summed E-state index contributed by atoms with van der Waals surface area (Å²) in [6.07, 6.45) is 2.87. The summed E-state index contributed by atoms with van der Waals surface area (Å²) in [4.78, 5) is 23.3. The number of aryl methyl sites for hydroxylation is 2. The summed E-state index contributed by atoms with van der Waals surface area (Å²) in [5.41, 5.74) is 5.11. The van der Waals surface area contributed by atoms with Gasteiger partial charge >= 0.3 is 0 Å². The maximum absolute atomic E-state index is 13.6. The quantitative estimate of drug-likeness (QED) is 0.411. The van der Waals surface area contributed by atoms with Gasteiger partial charge in [-0.3, -0.25) is 4.79 Å². The van der Waals surface area contributed by atoms with Crippen LogP contribution in [-0.2, 0) is 9.84 Å². The van der Waals surface area contributed by atoms with Crippen LogP contribution in [0.15, 0.2) is 47.5 Å². The smallest absolute Gasteiger partial charge is 0.251 e. The van der Waals surface area contributed by atoms with E-state index >= 15 is 0 Å². The van der Waals surface area contributed by atoms with Crippen molar-refractivity contribution in [3.05, 3.63) is 59.3 Å². The van der Waals surface area contributed by atoms with Crippen LogP contribution in [0.2, 0.25) is 0 Å². The van der Waals surface area contributed by atoms with Crippen molar-refractivity contribution in [2.24, 2.45) is 0 Å². The molecule has 188 valence electrons. The zero-order valence-corrected chi connectivity index (χ0v) is 21.5. The van der Waals surface area contributed by atoms with Crippen LogP contribution in [-0.4, -0.2) is 61.1 Å². The zero-order chi connectivity index (χ0) is 28.1. The first-order valence-corrected chi connectivity index (χ1v) is 13.8. The van der Waals surface area contributed by atoms with Gasteiger partial charge in [0.05, 0.1) is 16.2 Å². The Balaban J connectivity index is 1.61. The highest BCUT2D eigenvalue weighted by molar-refractivity contribution is 7.91. The fraction of sp³-hybridized carbons (Fsp3) is 0.357. The molecule has 4 aromatic rings. The minimum absolute atomic E-state index is 0.00971. The summed E-state index contributed by atoms with van der Waals surface area (Å²) in [5.74, 6) is -0.257. The lowest BCUT2D eigenvalue weighted by atomic mass is 9.93. The third-order valence-corrected chi connectivity index (χ3v) is 8.82. The number of rotatable bonds is 5. The Morgan fingerprint density at radius 1 is 1.22 bits per heavy atom. The fourth-order valence-electron chi connectivity index (χ4n) is 4.97. The molecule has 1 aliphatic rings. The molecule has 36 heavy (non-hydrogen) atoms. The topological polar surface area (TPSA) is 95.2 Å². The number of benzene rings is 2. The summed E-state index contributed by atoms with van der Waals surface area (Å²) in [6.45, 7) is 4.11. The molecule has 5 rings (SSSR count). The number of aromatic amines is 1. The number of amides is 1. The second-order valence-electron chi connectivity index (χ2n) is 9.55. The predicted molar refractivity (Wildman–Crippen MR) is 144 cm³/mol. The van der Waals surface area contributed by atoms with Gasteiger partial charge in [0, 0.05) is 32.7 Å². The minimum atomic E-state index is -3.43. The van der Waals surface area contributed by atoms with E-state index in [1.165, 1.54) is 4.90 Å². The van der Waals surface area contributed by atoms with Gasteiger partial charge in [-0.1, -0.05) is 19.1 Å². The van der Waals surface area contributed by atoms with Crippen molar-refractivity contribution in [3.63, 3.8) is 0 Å². The Labute approximate surface area is 216 Å². The van der Waals surface area contributed by atoms with E-state index in [4.69, 9.17) is 4.11 Å². The molecule has 7 nitrogen and oxygen atoms in total. The van der Waals surface area contributed by atoms with E-state index in [0.29, 0.717) is 42.7 Å². The highest BCUT2D eigenvalue weighted by Gasteiger charge is 2.24. The summed E-state index contributed by atoms with van der Waals surface area (Å²) >= 11 is 0. The van der Waals surface area contributed by atoms with Crippen LogP contribution in [0, 0.1) is 13.8 Å². The third kappa shape index (κ3) is 4.40. The molecule has 0 radical (unpaired) electrons. The molecule has 0 aliphatic carbocycles. The van der Waals surface area contributed by atoms with Gasteiger partial charge < -0.3 is 15.2 Å². The number of likely N-dealkylation sites (tertiary alicyclic amines) is 1. The Morgan fingerprint density at radius 3 is 2.72 bits per heavy atom. The predicted octanol–water partition coefficient (Wildman–Crippen LogP) is 4.62. The molecular weight excluding hydrogens is 472 g/mol. The molecule has 0 bridgehead atoms. The Hall–Kier alpha value is -3.23. The highest BCUT2D eigenvalue weighted by atomic mass is 32.2. The van der Waals surface area contributed by atoms with Crippen LogP contribution in [0.3, 0.4) is 0 Å². The normalized spacial score (nSPS) is 17.1. The van der Waals surface area contributed by atoms with Crippen LogP contribution in [0.5, 0.6) is 0 Å². The van der Waals surface area contributed by atoms with E-state index in [1.54, 1.807) is 31.3 Å². The summed E-state index contributed by atoms with van der Waals surface area (Å²) in [5, 5.41) is 4.89. The molecule has 2 aromatic carbocycles. The van der Waals surface area contributed by atoms with Crippen molar-refractivity contribution in [2.45, 2.75) is 44.6 Å². The lowest BCUT2D eigenvalue weighted by Gasteiger charge is -2.29. The number of nitrogens with zero attached hydrogens (tertiary/aromatic N) is 2. The first-order chi connectivity index (χ1) is 18.4. The van der Waals surface area contributed by atoms with Gasteiger partial charge in [0.1, 0.15) is 5.65 Å². The number of carbonyl (C=O) groups excluding carboxylic acids is 1. The summed E-state index contributed by atoms with van der Waals surface area (Å²) < 4.78 is 48.2. The number of hydrogen-bond acceptors (Lipinski definition) is 5. The van der Waals surface area contributed by atoms with Gasteiger partial charge in [-0.05, 0) is 93.3 Å². The van der Waals surface area contributed by atoms with Crippen LogP contribution in [0.4, 0.5) is 0 Å². The van der Waals surface area contributed by atoms with Crippen LogP contribution in [0.1, 0.15) is 45.4 Å². The number of fused-ring (bicyclic) bond motifs is 3. The van der Waals surface area contributed by atoms with Gasteiger partial charge in [0.15, 0.2) is 9.84 Å². The van der Waals surface area contributed by atoms with E-state index in [2.05, 4.69) is 15.3 Å². The van der Waals surface area contributed by atoms with E-state index < -0.39 is 16.8 Å². The summed E-state index contributed by atoms with van der Waals surface area (Å²) in [6, 6.07) is 10.6. The van der Waals surface area contributed by atoms with E-state index in [1.807, 2.05) is 32.0 Å². The van der Waals surface area contributed by atoms with Gasteiger partial charge in [-0.25, -0.2) is 13.4 Å². The summed E-state index contributed by atoms with van der Waals surface area (Å²) in [7, 11) is -3.43. The molecule has 1 aliphatic heterocycles. The molecule has 0 saturated carbocycles. The molecule has 1 fully saturated rings. The maximum Gasteiger partial charge on any atom is 0.251 e. The van der Waals surface area contributed by atoms with Crippen molar-refractivity contribution >= 4 is 37.7 Å². The lowest BCUT2D eigenvalue weighted by molar-refractivity contribution is 0.0916. The number of hydrogen-bond donors (Lipinski definition) is 2. The number of H-pyrrole nitrogens is 1. The van der Waals surface area contributed by atoms with Gasteiger partial charge in [-0.15, -0.1) is 0 Å². The molecule has 1 saturated heterocycles. The maximum atomic E-state index is 13.6. The molecule has 1 amide bonds. The second kappa shape index (κ2) is 9.33. The number of nitrogens with one attached hydrogen (secondary N) is 2. The van der Waals surface area contributed by atoms with Gasteiger partial charge in [-0.2, -0.15) is 0 Å². The molecule has 8 heteroatoms. The number of sulfone groups is 1. The van der Waals surface area contributed by atoms with Crippen LogP contribution >= 0.6 is 0 Å². The SMILES string of the molecule is [2H]C([2H])([2H])N1CCC(NC(=O)c2cc(-c3cccc(S(=O)(=O)CC)c3)c3c([nH]c4ncc(C)cc43)c2C)CC1. The Morgan fingerprint density at radius 2 is 2.00 bits per heavy atom. The van der Waals surface area contributed by atoms with Crippen molar-refractivity contribution in [1.82, 2.24) is 20.2 Å². The standard InChI is InChI=1S/C28H32N4O3S/c1-5-36(34,35)21-8-6-7-19(14-21)23-15-22(28(33)30-20-9-11-32(4)12-10-20)18(3)26-25(23)24-13-17(2)16-29-27(24)31-26/h6-8,13-16,20H,5,9-12H2,1-4H3,(H,29,31)(H,30,33)/i4D3. The fourth-order valence-corrected chi connectivity index (χ4v) is 5.90. The average molecular weight is 508 g/mol. The molecule has 3 heterocycles. The third-order valence-electron chi connectivity index (χ3n) is 7.08. The second-order valence-corrected chi connectivity index (χ2v) is 11.8. The molecule has 0 atom stereocenters. The van der Waals surface area contributed by atoms with E-state index in [9.17, 15) is 13.2 Å². The molecule has 2 N–H and O–H groups in total. The number of carbonyl (C=O) groups is 1. The van der Waals surface area contributed by atoms with E-state index in [-0.39, 0.29) is 22.6 Å². The molecule has 0 spiro atoms. The van der Waals surface area contributed by atoms with Crippen LogP contribution in [0.25, 0.3) is 33.1 Å². The van der Waals surface area contributed by atoms with Crippen LogP contribution < -0.4 is 5.32 Å². The zero-order valence-electron chi connectivity index (χ0n) is 23.7. The number of piperidine rings is 1. The molecule has 2 aromatic heterocycles. The lowest BCUT2D eigenvalue weighted by Crippen LogP contribution is -2.43. The van der Waals surface area contributed by atoms with Crippen molar-refractivity contribution in [1.29, 1.82) is 0 Å². The first kappa shape index (κ1) is 20.9. The van der Waals surface area contributed by atoms with Crippen molar-refractivity contribution in [2.75, 3.05) is 25.8 Å². The van der Waals surface area contributed by atoms with Crippen molar-refractivity contribution in [3.8, 4) is 11.1 Å². The van der Waals surface area contributed by atoms with E-state index in [0.717, 1.165) is 33.0 Å². The Bertz CT molecular complexity index is 1690. The van der Waals surface area contributed by atoms with Gasteiger partial charge in [0.25, 0.3) is 5.91 Å². The number of pyridine rings is 1. The molecule has 0 unspecified atom stereocenters. The first-order valence-electron chi connectivity index (χ1n) is 13.7. The highest BCUT2D eigenvalue weighted by Crippen LogP contribution is 2.38. The largest absolute Gasteiger partial charge is 0.349 e. The number of aromatic nitrogens is 2. The average Bonchev–Trinajstić information content (AvgIpc) is 3.28.